The summed E-state index contributed by atoms with van der Waals surface area (Å²) in [6, 6.07) is 56.3. The highest BCUT2D eigenvalue weighted by Gasteiger charge is 2.52. The van der Waals surface area contributed by atoms with Crippen LogP contribution < -0.4 is 0 Å². The van der Waals surface area contributed by atoms with Gasteiger partial charge in [0.1, 0.15) is 11.2 Å². The molecule has 2 heterocycles. The average Bonchev–Trinajstić information content (AvgIpc) is 3.79. The zero-order chi connectivity index (χ0) is 31.4. The Morgan fingerprint density at radius 2 is 0.938 bits per heavy atom. The number of rotatable bonds is 2. The second kappa shape index (κ2) is 9.37. The molecule has 2 aliphatic carbocycles. The highest BCUT2D eigenvalue weighted by atomic mass is 16.3. The van der Waals surface area contributed by atoms with Crippen LogP contribution in [0.4, 0.5) is 0 Å². The fraction of sp³-hybridized carbons (Fsp3) is 0.0222. The summed E-state index contributed by atoms with van der Waals surface area (Å²) in [6.45, 7) is 0. The Hall–Kier alpha value is -6.32. The summed E-state index contributed by atoms with van der Waals surface area (Å²) in [6.07, 6.45) is 0. The van der Waals surface area contributed by atoms with Gasteiger partial charge in [-0.1, -0.05) is 140 Å². The van der Waals surface area contributed by atoms with Crippen molar-refractivity contribution < 1.29 is 4.42 Å². The Balaban J connectivity index is 1.23. The second-order valence-corrected chi connectivity index (χ2v) is 12.8. The van der Waals surface area contributed by atoms with E-state index in [0.717, 1.165) is 49.7 Å². The first kappa shape index (κ1) is 25.8. The second-order valence-electron chi connectivity index (χ2n) is 12.8. The van der Waals surface area contributed by atoms with E-state index in [2.05, 4.69) is 146 Å². The number of para-hydroxylation sites is 3. The molecule has 222 valence electrons. The van der Waals surface area contributed by atoms with Gasteiger partial charge >= 0.3 is 0 Å². The van der Waals surface area contributed by atoms with Gasteiger partial charge in [0.2, 0.25) is 0 Å². The SMILES string of the molecule is c1ccc2c(c1)-c1ccccc1C21c2ccccc2-c2c(-c3nc(-c4cccc5c4oc4ccccc45)c4ccccc4n3)cccc21. The monoisotopic (exact) mass is 610 g/mol. The Bertz CT molecular complexity index is 2760. The van der Waals surface area contributed by atoms with Crippen molar-refractivity contribution in [2.24, 2.45) is 0 Å². The summed E-state index contributed by atoms with van der Waals surface area (Å²) >= 11 is 0. The van der Waals surface area contributed by atoms with Crippen LogP contribution in [0.5, 0.6) is 0 Å². The van der Waals surface area contributed by atoms with Crippen molar-refractivity contribution in [3.05, 3.63) is 180 Å². The normalized spacial score (nSPS) is 13.6. The van der Waals surface area contributed by atoms with Gasteiger partial charge in [0.05, 0.1) is 16.6 Å². The first-order valence-electron chi connectivity index (χ1n) is 16.4. The van der Waals surface area contributed by atoms with E-state index >= 15 is 0 Å². The third-order valence-electron chi connectivity index (χ3n) is 10.5. The summed E-state index contributed by atoms with van der Waals surface area (Å²) in [5.41, 5.74) is 15.3. The summed E-state index contributed by atoms with van der Waals surface area (Å²) in [5.74, 6) is 0.708. The number of benzene rings is 7. The van der Waals surface area contributed by atoms with Crippen molar-refractivity contribution >= 4 is 32.8 Å². The van der Waals surface area contributed by atoms with E-state index in [4.69, 9.17) is 14.4 Å². The molecule has 0 bridgehead atoms. The lowest BCUT2D eigenvalue weighted by molar-refractivity contribution is 0.670. The standard InChI is InChI=1S/C45H26N2O/c1-6-21-35-27(13-1)28-14-2-7-22-36(28)45(35)37-23-8-3-16-31(37)41-33(19-12-24-38(41)45)44-46-39-25-9-4-17-32(39)42(47-44)34-20-11-18-30-29-15-5-10-26-40(29)48-43(30)34/h1-26H. The zero-order valence-electron chi connectivity index (χ0n) is 25.8. The Morgan fingerprint density at radius 3 is 1.73 bits per heavy atom. The predicted molar refractivity (Wildman–Crippen MR) is 194 cm³/mol. The lowest BCUT2D eigenvalue weighted by atomic mass is 9.70. The molecule has 0 radical (unpaired) electrons. The maximum absolute atomic E-state index is 6.52. The molecule has 48 heavy (non-hydrogen) atoms. The number of furan rings is 1. The molecule has 2 aromatic heterocycles. The Kier molecular flexibility index (Phi) is 5.04. The predicted octanol–water partition coefficient (Wildman–Crippen LogP) is 11.2. The zero-order valence-corrected chi connectivity index (χ0v) is 25.8. The molecule has 0 saturated heterocycles. The molecule has 11 rings (SSSR count). The van der Waals surface area contributed by atoms with Crippen LogP contribution in [0.1, 0.15) is 22.3 Å². The number of aromatic nitrogens is 2. The van der Waals surface area contributed by atoms with Gasteiger partial charge in [0.15, 0.2) is 5.82 Å². The van der Waals surface area contributed by atoms with E-state index in [0.29, 0.717) is 5.82 Å². The van der Waals surface area contributed by atoms with Crippen molar-refractivity contribution in [1.29, 1.82) is 0 Å². The molecular formula is C45H26N2O. The first-order chi connectivity index (χ1) is 23.8. The van der Waals surface area contributed by atoms with Crippen LogP contribution in [0.15, 0.2) is 162 Å². The third-order valence-corrected chi connectivity index (χ3v) is 10.5. The Morgan fingerprint density at radius 1 is 0.396 bits per heavy atom. The lowest BCUT2D eigenvalue weighted by Crippen LogP contribution is -2.25. The molecule has 2 aliphatic rings. The van der Waals surface area contributed by atoms with Gasteiger partial charge < -0.3 is 4.42 Å². The minimum atomic E-state index is -0.422. The summed E-state index contributed by atoms with van der Waals surface area (Å²) in [7, 11) is 0. The molecule has 0 fully saturated rings. The minimum absolute atomic E-state index is 0.422. The van der Waals surface area contributed by atoms with Crippen LogP contribution in [0.3, 0.4) is 0 Å². The van der Waals surface area contributed by atoms with Gasteiger partial charge in [-0.3, -0.25) is 0 Å². The molecular weight excluding hydrogens is 585 g/mol. The smallest absolute Gasteiger partial charge is 0.161 e. The molecule has 0 amide bonds. The molecule has 3 heteroatoms. The number of hydrogen-bond acceptors (Lipinski definition) is 3. The number of hydrogen-bond donors (Lipinski definition) is 0. The summed E-state index contributed by atoms with van der Waals surface area (Å²) in [4.78, 5) is 10.7. The van der Waals surface area contributed by atoms with Gasteiger partial charge in [0, 0.05) is 27.3 Å². The minimum Gasteiger partial charge on any atom is -0.455 e. The summed E-state index contributed by atoms with van der Waals surface area (Å²) < 4.78 is 6.52. The number of nitrogens with zero attached hydrogens (tertiary/aromatic N) is 2. The van der Waals surface area contributed by atoms with Gasteiger partial charge in [0.25, 0.3) is 0 Å². The van der Waals surface area contributed by atoms with Crippen LogP contribution >= 0.6 is 0 Å². The molecule has 0 N–H and O–H groups in total. The van der Waals surface area contributed by atoms with Crippen molar-refractivity contribution in [3.8, 4) is 44.9 Å². The molecule has 9 aromatic rings. The van der Waals surface area contributed by atoms with E-state index in [1.54, 1.807) is 0 Å². The summed E-state index contributed by atoms with van der Waals surface area (Å²) in [5, 5.41) is 3.19. The van der Waals surface area contributed by atoms with Crippen molar-refractivity contribution in [2.75, 3.05) is 0 Å². The van der Waals surface area contributed by atoms with E-state index in [1.807, 2.05) is 12.1 Å². The van der Waals surface area contributed by atoms with E-state index in [9.17, 15) is 0 Å². The molecule has 1 spiro atoms. The lowest BCUT2D eigenvalue weighted by Gasteiger charge is -2.30. The molecule has 0 atom stereocenters. The fourth-order valence-electron chi connectivity index (χ4n) is 8.67. The number of fused-ring (bicyclic) bond motifs is 14. The van der Waals surface area contributed by atoms with Crippen LogP contribution in [0.2, 0.25) is 0 Å². The molecule has 0 saturated carbocycles. The fourth-order valence-corrected chi connectivity index (χ4v) is 8.67. The maximum atomic E-state index is 6.52. The van der Waals surface area contributed by atoms with Crippen molar-refractivity contribution in [3.63, 3.8) is 0 Å². The van der Waals surface area contributed by atoms with E-state index in [1.165, 1.54) is 44.5 Å². The highest BCUT2D eigenvalue weighted by Crippen LogP contribution is 2.63. The van der Waals surface area contributed by atoms with Gasteiger partial charge in [-0.2, -0.15) is 0 Å². The van der Waals surface area contributed by atoms with E-state index in [-0.39, 0.29) is 0 Å². The van der Waals surface area contributed by atoms with Crippen LogP contribution in [-0.4, -0.2) is 9.97 Å². The largest absolute Gasteiger partial charge is 0.455 e. The highest BCUT2D eigenvalue weighted by molar-refractivity contribution is 6.11. The quantitative estimate of drug-likeness (QED) is 0.195. The molecule has 0 unspecified atom stereocenters. The molecule has 3 nitrogen and oxygen atoms in total. The maximum Gasteiger partial charge on any atom is 0.161 e. The molecule has 0 aliphatic heterocycles. The Labute approximate surface area is 276 Å². The third kappa shape index (κ3) is 3.18. The van der Waals surface area contributed by atoms with Crippen LogP contribution in [0, 0.1) is 0 Å². The van der Waals surface area contributed by atoms with Gasteiger partial charge in [-0.05, 0) is 62.7 Å². The molecule has 7 aromatic carbocycles. The van der Waals surface area contributed by atoms with E-state index < -0.39 is 5.41 Å². The van der Waals surface area contributed by atoms with Crippen LogP contribution in [-0.2, 0) is 5.41 Å². The topological polar surface area (TPSA) is 38.9 Å². The van der Waals surface area contributed by atoms with Crippen molar-refractivity contribution in [2.45, 2.75) is 5.41 Å². The van der Waals surface area contributed by atoms with Crippen molar-refractivity contribution in [1.82, 2.24) is 9.97 Å². The first-order valence-corrected chi connectivity index (χ1v) is 16.4. The van der Waals surface area contributed by atoms with Crippen LogP contribution in [0.25, 0.3) is 77.7 Å². The van der Waals surface area contributed by atoms with Gasteiger partial charge in [-0.15, -0.1) is 0 Å². The van der Waals surface area contributed by atoms with Gasteiger partial charge in [-0.25, -0.2) is 9.97 Å². The average molecular weight is 611 g/mol.